The van der Waals surface area contributed by atoms with Crippen LogP contribution in [0.15, 0.2) is 42.7 Å². The van der Waals surface area contributed by atoms with Gasteiger partial charge in [-0.2, -0.15) is 0 Å². The summed E-state index contributed by atoms with van der Waals surface area (Å²) in [4.78, 5) is 7.33. The number of hydrogen-bond acceptors (Lipinski definition) is 2. The van der Waals surface area contributed by atoms with Crippen LogP contribution in [0.2, 0.25) is 0 Å². The molecule has 3 aromatic rings. The first-order chi connectivity index (χ1) is 8.24. The Morgan fingerprint density at radius 1 is 1.24 bits per heavy atom. The molecule has 3 heteroatoms. The van der Waals surface area contributed by atoms with Crippen LogP contribution in [-0.4, -0.2) is 15.1 Å². The number of aromatic hydroxyl groups is 1. The van der Waals surface area contributed by atoms with Gasteiger partial charge < -0.3 is 10.1 Å². The van der Waals surface area contributed by atoms with Crippen LogP contribution in [0, 0.1) is 6.92 Å². The summed E-state index contributed by atoms with van der Waals surface area (Å²) >= 11 is 0. The molecule has 0 saturated heterocycles. The second kappa shape index (κ2) is 3.63. The van der Waals surface area contributed by atoms with Gasteiger partial charge in [0.1, 0.15) is 5.75 Å². The van der Waals surface area contributed by atoms with E-state index >= 15 is 0 Å². The van der Waals surface area contributed by atoms with Crippen LogP contribution in [0.3, 0.4) is 0 Å². The first-order valence-electron chi connectivity index (χ1n) is 5.47. The topological polar surface area (TPSA) is 48.9 Å². The highest BCUT2D eigenvalue weighted by molar-refractivity contribution is 5.88. The average molecular weight is 224 g/mol. The quantitative estimate of drug-likeness (QED) is 0.666. The molecule has 3 rings (SSSR count). The molecule has 0 atom stereocenters. The van der Waals surface area contributed by atoms with E-state index in [9.17, 15) is 5.11 Å². The molecular formula is C14H12N2O. The van der Waals surface area contributed by atoms with Crippen LogP contribution >= 0.6 is 0 Å². The van der Waals surface area contributed by atoms with Crippen molar-refractivity contribution in [1.29, 1.82) is 0 Å². The lowest BCUT2D eigenvalue weighted by Crippen LogP contribution is -1.81. The average Bonchev–Trinajstić information content (AvgIpc) is 2.68. The van der Waals surface area contributed by atoms with Crippen LogP contribution in [0.4, 0.5) is 0 Å². The molecule has 84 valence electrons. The summed E-state index contributed by atoms with van der Waals surface area (Å²) in [6, 6.07) is 9.54. The number of rotatable bonds is 1. The largest absolute Gasteiger partial charge is 0.507 e. The summed E-state index contributed by atoms with van der Waals surface area (Å²) < 4.78 is 0. The number of aryl methyl sites for hydroxylation is 1. The molecular weight excluding hydrogens is 212 g/mol. The standard InChI is InChI=1S/C14H12N2O/c1-9-5-11-6-14(17)12(7-13(11)16-9)10-3-2-4-15-8-10/h2-8,16-17H,1H3. The van der Waals surface area contributed by atoms with Gasteiger partial charge in [0, 0.05) is 40.1 Å². The molecule has 2 N–H and O–H groups in total. The fraction of sp³-hybridized carbons (Fsp3) is 0.0714. The third-order valence-corrected chi connectivity index (χ3v) is 2.84. The van der Waals surface area contributed by atoms with Crippen molar-refractivity contribution in [2.75, 3.05) is 0 Å². The second-order valence-electron chi connectivity index (χ2n) is 4.15. The number of pyridine rings is 1. The lowest BCUT2D eigenvalue weighted by atomic mass is 10.0. The minimum Gasteiger partial charge on any atom is -0.507 e. The Bertz CT molecular complexity index is 671. The Morgan fingerprint density at radius 3 is 2.88 bits per heavy atom. The Kier molecular flexibility index (Phi) is 2.11. The fourth-order valence-corrected chi connectivity index (χ4v) is 2.07. The molecule has 1 aromatic carbocycles. The van der Waals surface area contributed by atoms with E-state index in [1.165, 1.54) is 0 Å². The van der Waals surface area contributed by atoms with Gasteiger partial charge in [-0.25, -0.2) is 0 Å². The van der Waals surface area contributed by atoms with Crippen molar-refractivity contribution < 1.29 is 5.11 Å². The molecule has 3 nitrogen and oxygen atoms in total. The van der Waals surface area contributed by atoms with Crippen molar-refractivity contribution in [1.82, 2.24) is 9.97 Å². The van der Waals surface area contributed by atoms with Crippen LogP contribution in [-0.2, 0) is 0 Å². The van der Waals surface area contributed by atoms with Crippen LogP contribution in [0.1, 0.15) is 5.69 Å². The van der Waals surface area contributed by atoms with E-state index < -0.39 is 0 Å². The van der Waals surface area contributed by atoms with E-state index in [2.05, 4.69) is 9.97 Å². The van der Waals surface area contributed by atoms with Crippen LogP contribution in [0.25, 0.3) is 22.0 Å². The lowest BCUT2D eigenvalue weighted by Gasteiger charge is -2.04. The smallest absolute Gasteiger partial charge is 0.124 e. The number of H-pyrrole nitrogens is 1. The molecule has 0 radical (unpaired) electrons. The summed E-state index contributed by atoms with van der Waals surface area (Å²) in [6.07, 6.45) is 3.47. The molecule has 0 bridgehead atoms. The normalized spacial score (nSPS) is 10.9. The van der Waals surface area contributed by atoms with Crippen molar-refractivity contribution in [2.45, 2.75) is 6.92 Å². The van der Waals surface area contributed by atoms with Gasteiger partial charge in [-0.05, 0) is 31.2 Å². The van der Waals surface area contributed by atoms with Gasteiger partial charge in [0.25, 0.3) is 0 Å². The van der Waals surface area contributed by atoms with Crippen LogP contribution in [0.5, 0.6) is 5.75 Å². The Balaban J connectivity index is 2.26. The van der Waals surface area contributed by atoms with E-state index in [1.54, 1.807) is 18.5 Å². The number of nitrogens with zero attached hydrogens (tertiary/aromatic N) is 1. The zero-order valence-corrected chi connectivity index (χ0v) is 9.44. The second-order valence-corrected chi connectivity index (χ2v) is 4.15. The number of phenols is 1. The van der Waals surface area contributed by atoms with Crippen molar-refractivity contribution in [3.05, 3.63) is 48.4 Å². The minimum atomic E-state index is 0.282. The number of aromatic nitrogens is 2. The van der Waals surface area contributed by atoms with Crippen molar-refractivity contribution in [3.8, 4) is 16.9 Å². The molecule has 17 heavy (non-hydrogen) atoms. The van der Waals surface area contributed by atoms with Gasteiger partial charge in [0.05, 0.1) is 0 Å². The maximum absolute atomic E-state index is 10.0. The summed E-state index contributed by atoms with van der Waals surface area (Å²) in [5, 5.41) is 11.1. The zero-order valence-electron chi connectivity index (χ0n) is 9.44. The number of hydrogen-bond donors (Lipinski definition) is 2. The molecule has 0 unspecified atom stereocenters. The van der Waals surface area contributed by atoms with E-state index in [0.717, 1.165) is 27.7 Å². The van der Waals surface area contributed by atoms with Gasteiger partial charge >= 0.3 is 0 Å². The van der Waals surface area contributed by atoms with Gasteiger partial charge in [0.15, 0.2) is 0 Å². The minimum absolute atomic E-state index is 0.282. The highest BCUT2D eigenvalue weighted by Gasteiger charge is 2.07. The van der Waals surface area contributed by atoms with E-state index in [1.807, 2.05) is 31.2 Å². The first-order valence-corrected chi connectivity index (χ1v) is 5.47. The van der Waals surface area contributed by atoms with Gasteiger partial charge in [-0.3, -0.25) is 4.98 Å². The van der Waals surface area contributed by atoms with Gasteiger partial charge in [0.2, 0.25) is 0 Å². The lowest BCUT2D eigenvalue weighted by molar-refractivity contribution is 0.478. The number of aromatic amines is 1. The monoisotopic (exact) mass is 224 g/mol. The van der Waals surface area contributed by atoms with E-state index in [0.29, 0.717) is 0 Å². The van der Waals surface area contributed by atoms with Crippen molar-refractivity contribution >= 4 is 10.9 Å². The number of benzene rings is 1. The SMILES string of the molecule is Cc1cc2cc(O)c(-c3cccnc3)cc2[nH]1. The Hall–Kier alpha value is -2.29. The zero-order chi connectivity index (χ0) is 11.8. The Morgan fingerprint density at radius 2 is 2.12 bits per heavy atom. The van der Waals surface area contributed by atoms with E-state index in [4.69, 9.17) is 0 Å². The highest BCUT2D eigenvalue weighted by Crippen LogP contribution is 2.32. The fourth-order valence-electron chi connectivity index (χ4n) is 2.07. The number of phenolic OH excluding ortho intramolecular Hbond substituents is 1. The first kappa shape index (κ1) is 9.90. The van der Waals surface area contributed by atoms with Crippen LogP contribution < -0.4 is 0 Å². The molecule has 0 saturated carbocycles. The van der Waals surface area contributed by atoms with Crippen molar-refractivity contribution in [2.24, 2.45) is 0 Å². The third-order valence-electron chi connectivity index (χ3n) is 2.84. The van der Waals surface area contributed by atoms with Gasteiger partial charge in [-0.1, -0.05) is 6.07 Å². The molecule has 0 fully saturated rings. The number of fused-ring (bicyclic) bond motifs is 1. The number of nitrogens with one attached hydrogen (secondary N) is 1. The molecule has 0 aliphatic carbocycles. The Labute approximate surface area is 98.8 Å². The molecule has 0 aliphatic heterocycles. The molecule has 0 aliphatic rings. The molecule has 0 spiro atoms. The highest BCUT2D eigenvalue weighted by atomic mass is 16.3. The maximum Gasteiger partial charge on any atom is 0.124 e. The molecule has 2 heterocycles. The molecule has 2 aromatic heterocycles. The van der Waals surface area contributed by atoms with Gasteiger partial charge in [-0.15, -0.1) is 0 Å². The predicted octanol–water partition coefficient (Wildman–Crippen LogP) is 3.24. The third kappa shape index (κ3) is 1.65. The van der Waals surface area contributed by atoms with E-state index in [-0.39, 0.29) is 5.75 Å². The predicted molar refractivity (Wildman–Crippen MR) is 67.9 cm³/mol. The molecule has 0 amide bonds. The summed E-state index contributed by atoms with van der Waals surface area (Å²) in [7, 11) is 0. The van der Waals surface area contributed by atoms with Crippen molar-refractivity contribution in [3.63, 3.8) is 0 Å². The summed E-state index contributed by atoms with van der Waals surface area (Å²) in [5.41, 5.74) is 3.83. The summed E-state index contributed by atoms with van der Waals surface area (Å²) in [6.45, 7) is 2.00. The summed E-state index contributed by atoms with van der Waals surface area (Å²) in [5.74, 6) is 0.282. The maximum atomic E-state index is 10.0.